The van der Waals surface area contributed by atoms with Gasteiger partial charge in [0.15, 0.2) is 0 Å². The minimum absolute atomic E-state index is 0.465. The Morgan fingerprint density at radius 1 is 0.926 bits per heavy atom. The molecule has 0 aliphatic heterocycles. The van der Waals surface area contributed by atoms with Gasteiger partial charge < -0.3 is 10.6 Å². The molecule has 0 spiro atoms. The molecule has 2 N–H and O–H groups in total. The van der Waals surface area contributed by atoms with Crippen molar-refractivity contribution in [3.05, 3.63) is 71.2 Å². The van der Waals surface area contributed by atoms with Gasteiger partial charge in [-0.3, -0.25) is 0 Å². The molecule has 0 radical (unpaired) electrons. The summed E-state index contributed by atoms with van der Waals surface area (Å²) in [6, 6.07) is 20.5. The summed E-state index contributed by atoms with van der Waals surface area (Å²) in [4.78, 5) is 9.44. The van der Waals surface area contributed by atoms with Crippen LogP contribution in [0.1, 0.15) is 31.2 Å². The smallest absolute Gasteiger partial charge is 0.225 e. The summed E-state index contributed by atoms with van der Waals surface area (Å²) >= 11 is 6.28. The number of nitrogens with one attached hydrogen (secondary N) is 2. The number of benzene rings is 2. The number of nitrogens with zero attached hydrogens (tertiary/aromatic N) is 2. The molecule has 1 heterocycles. The summed E-state index contributed by atoms with van der Waals surface area (Å²) in [5, 5.41) is 7.67. The molecular formula is C22H23ClN4. The lowest BCUT2D eigenvalue weighted by Crippen LogP contribution is -2.17. The topological polar surface area (TPSA) is 49.8 Å². The van der Waals surface area contributed by atoms with E-state index in [1.807, 2.05) is 48.5 Å². The Bertz CT molecular complexity index is 892. The maximum Gasteiger partial charge on any atom is 0.225 e. The van der Waals surface area contributed by atoms with Crippen molar-refractivity contribution in [2.75, 3.05) is 10.6 Å². The summed E-state index contributed by atoms with van der Waals surface area (Å²) in [5.41, 5.74) is 3.03. The van der Waals surface area contributed by atoms with Gasteiger partial charge in [-0.05, 0) is 24.5 Å². The van der Waals surface area contributed by atoms with E-state index in [4.69, 9.17) is 21.6 Å². The molecule has 3 aromatic rings. The fourth-order valence-corrected chi connectivity index (χ4v) is 3.64. The number of rotatable bonds is 6. The lowest BCUT2D eigenvalue weighted by atomic mass is 10.1. The second-order valence-electron chi connectivity index (χ2n) is 6.90. The first-order valence-corrected chi connectivity index (χ1v) is 9.84. The highest BCUT2D eigenvalue weighted by Crippen LogP contribution is 2.25. The Hall–Kier alpha value is -2.59. The van der Waals surface area contributed by atoms with E-state index in [1.165, 1.54) is 25.7 Å². The van der Waals surface area contributed by atoms with E-state index in [2.05, 4.69) is 22.8 Å². The molecule has 1 saturated carbocycles. The Labute approximate surface area is 165 Å². The minimum Gasteiger partial charge on any atom is -0.366 e. The highest BCUT2D eigenvalue weighted by atomic mass is 35.5. The van der Waals surface area contributed by atoms with E-state index >= 15 is 0 Å². The molecule has 0 amide bonds. The summed E-state index contributed by atoms with van der Waals surface area (Å²) in [7, 11) is 0. The number of hydrogen-bond acceptors (Lipinski definition) is 4. The van der Waals surface area contributed by atoms with Crippen LogP contribution in [-0.4, -0.2) is 16.0 Å². The third-order valence-electron chi connectivity index (χ3n) is 4.90. The van der Waals surface area contributed by atoms with Crippen LogP contribution in [0.2, 0.25) is 5.02 Å². The first kappa shape index (κ1) is 17.8. The van der Waals surface area contributed by atoms with Crippen LogP contribution in [0, 0.1) is 0 Å². The average Bonchev–Trinajstić information content (AvgIpc) is 3.21. The molecule has 0 unspecified atom stereocenters. The van der Waals surface area contributed by atoms with Crippen LogP contribution in [0.4, 0.5) is 11.8 Å². The fourth-order valence-electron chi connectivity index (χ4n) is 3.44. The summed E-state index contributed by atoms with van der Waals surface area (Å²) in [6.07, 6.45) is 4.91. The molecule has 138 valence electrons. The van der Waals surface area contributed by atoms with Gasteiger partial charge in [0.2, 0.25) is 5.95 Å². The van der Waals surface area contributed by atoms with E-state index in [0.29, 0.717) is 18.5 Å². The van der Waals surface area contributed by atoms with E-state index < -0.39 is 0 Å². The van der Waals surface area contributed by atoms with Gasteiger partial charge >= 0.3 is 0 Å². The van der Waals surface area contributed by atoms with E-state index in [9.17, 15) is 0 Å². The van der Waals surface area contributed by atoms with Gasteiger partial charge in [0.05, 0.1) is 5.69 Å². The molecule has 5 heteroatoms. The van der Waals surface area contributed by atoms with Crippen LogP contribution < -0.4 is 10.6 Å². The maximum atomic E-state index is 6.28. The molecule has 4 rings (SSSR count). The van der Waals surface area contributed by atoms with Crippen molar-refractivity contribution in [3.8, 4) is 11.3 Å². The Morgan fingerprint density at radius 2 is 1.67 bits per heavy atom. The molecule has 0 saturated heterocycles. The van der Waals surface area contributed by atoms with Crippen LogP contribution >= 0.6 is 11.6 Å². The number of anilines is 2. The summed E-state index contributed by atoms with van der Waals surface area (Å²) in [6.45, 7) is 0.619. The van der Waals surface area contributed by atoms with Crippen molar-refractivity contribution in [2.24, 2.45) is 0 Å². The molecule has 27 heavy (non-hydrogen) atoms. The van der Waals surface area contributed by atoms with Gasteiger partial charge in [-0.25, -0.2) is 4.98 Å². The SMILES string of the molecule is Clc1ccccc1CNc1cc(-c2ccccc2)nc(NC2CCCC2)n1. The molecule has 1 aliphatic carbocycles. The predicted molar refractivity (Wildman–Crippen MR) is 112 cm³/mol. The van der Waals surface area contributed by atoms with Crippen LogP contribution in [-0.2, 0) is 6.54 Å². The number of aromatic nitrogens is 2. The van der Waals surface area contributed by atoms with Crippen molar-refractivity contribution in [1.82, 2.24) is 9.97 Å². The van der Waals surface area contributed by atoms with E-state index in [0.717, 1.165) is 27.7 Å². The third kappa shape index (κ3) is 4.58. The Balaban J connectivity index is 1.59. The quantitative estimate of drug-likeness (QED) is 0.572. The second-order valence-corrected chi connectivity index (χ2v) is 7.31. The van der Waals surface area contributed by atoms with Crippen molar-refractivity contribution in [3.63, 3.8) is 0 Å². The fraction of sp³-hybridized carbons (Fsp3) is 0.273. The molecule has 1 fully saturated rings. The zero-order valence-electron chi connectivity index (χ0n) is 15.2. The van der Waals surface area contributed by atoms with Crippen molar-refractivity contribution in [1.29, 1.82) is 0 Å². The number of hydrogen-bond donors (Lipinski definition) is 2. The van der Waals surface area contributed by atoms with Gasteiger partial charge in [0.25, 0.3) is 0 Å². The lowest BCUT2D eigenvalue weighted by molar-refractivity contribution is 0.744. The summed E-state index contributed by atoms with van der Waals surface area (Å²) in [5.74, 6) is 1.48. The first-order valence-electron chi connectivity index (χ1n) is 9.46. The third-order valence-corrected chi connectivity index (χ3v) is 5.27. The zero-order valence-corrected chi connectivity index (χ0v) is 15.9. The van der Waals surface area contributed by atoms with Gasteiger partial charge in [-0.2, -0.15) is 4.98 Å². The average molecular weight is 379 g/mol. The van der Waals surface area contributed by atoms with Crippen molar-refractivity contribution in [2.45, 2.75) is 38.3 Å². The van der Waals surface area contributed by atoms with Crippen LogP contribution in [0.3, 0.4) is 0 Å². The van der Waals surface area contributed by atoms with Crippen molar-refractivity contribution >= 4 is 23.4 Å². The number of halogens is 1. The van der Waals surface area contributed by atoms with Crippen LogP contribution in [0.5, 0.6) is 0 Å². The monoisotopic (exact) mass is 378 g/mol. The predicted octanol–water partition coefficient (Wildman–Crippen LogP) is 5.76. The Kier molecular flexibility index (Phi) is 5.54. The van der Waals surface area contributed by atoms with Crippen LogP contribution in [0.25, 0.3) is 11.3 Å². The van der Waals surface area contributed by atoms with Crippen molar-refractivity contribution < 1.29 is 0 Å². The maximum absolute atomic E-state index is 6.28. The Morgan fingerprint density at radius 3 is 2.44 bits per heavy atom. The molecule has 1 aliphatic rings. The molecule has 0 bridgehead atoms. The zero-order chi connectivity index (χ0) is 18.5. The molecule has 0 atom stereocenters. The second kappa shape index (κ2) is 8.40. The first-order chi connectivity index (χ1) is 13.3. The molecular weight excluding hydrogens is 356 g/mol. The summed E-state index contributed by atoms with van der Waals surface area (Å²) < 4.78 is 0. The van der Waals surface area contributed by atoms with E-state index in [-0.39, 0.29) is 0 Å². The standard InChI is InChI=1S/C22H23ClN4/c23-19-13-7-4-10-17(19)15-24-21-14-20(16-8-2-1-3-9-16)26-22(27-21)25-18-11-5-6-12-18/h1-4,7-10,13-14,18H,5-6,11-12,15H2,(H2,24,25,26,27). The largest absolute Gasteiger partial charge is 0.366 e. The van der Waals surface area contributed by atoms with Gasteiger partial charge in [0, 0.05) is 29.2 Å². The highest BCUT2D eigenvalue weighted by Gasteiger charge is 2.16. The molecule has 1 aromatic heterocycles. The van der Waals surface area contributed by atoms with Crippen LogP contribution in [0.15, 0.2) is 60.7 Å². The normalized spacial score (nSPS) is 14.3. The lowest BCUT2D eigenvalue weighted by Gasteiger charge is -2.15. The minimum atomic E-state index is 0.465. The van der Waals surface area contributed by atoms with E-state index in [1.54, 1.807) is 0 Å². The van der Waals surface area contributed by atoms with Gasteiger partial charge in [-0.15, -0.1) is 0 Å². The van der Waals surface area contributed by atoms with Gasteiger partial charge in [0.1, 0.15) is 5.82 Å². The highest BCUT2D eigenvalue weighted by molar-refractivity contribution is 6.31. The molecule has 4 nitrogen and oxygen atoms in total. The molecule has 2 aromatic carbocycles. The van der Waals surface area contributed by atoms with Gasteiger partial charge in [-0.1, -0.05) is 73.0 Å².